The van der Waals surface area contributed by atoms with Crippen molar-refractivity contribution in [3.63, 3.8) is 0 Å². The number of hydrogen-bond acceptors (Lipinski definition) is 3. The Morgan fingerprint density at radius 2 is 2.06 bits per heavy atom. The summed E-state index contributed by atoms with van der Waals surface area (Å²) in [6.07, 6.45) is 4.15. The molecule has 0 amide bonds. The van der Waals surface area contributed by atoms with E-state index in [1.165, 1.54) is 12.8 Å². The molecule has 0 aliphatic rings. The molecular weight excluding hydrogens is 206 g/mol. The molecule has 0 aliphatic heterocycles. The zero-order valence-electron chi connectivity index (χ0n) is 10.4. The molecule has 0 aromatic rings. The molecule has 0 heterocycles. The molecule has 3 N–H and O–H groups in total. The summed E-state index contributed by atoms with van der Waals surface area (Å²) in [5.74, 6) is -0.435. The second-order valence-electron chi connectivity index (χ2n) is 4.15. The van der Waals surface area contributed by atoms with E-state index in [9.17, 15) is 4.79 Å². The zero-order chi connectivity index (χ0) is 12.4. The standard InChI is InChI=1S/C12H25NO3/c1-3-5-6-10(4-2)9-16-11(7-8-13)12(14)15/h10-11H,3-9,13H2,1-2H3,(H,14,15). The highest BCUT2D eigenvalue weighted by Gasteiger charge is 2.18. The van der Waals surface area contributed by atoms with E-state index >= 15 is 0 Å². The number of carboxylic acid groups (broad SMARTS) is 1. The van der Waals surface area contributed by atoms with Crippen LogP contribution >= 0.6 is 0 Å². The number of carbonyl (C=O) groups is 1. The quantitative estimate of drug-likeness (QED) is 0.603. The van der Waals surface area contributed by atoms with E-state index in [1.54, 1.807) is 0 Å². The van der Waals surface area contributed by atoms with Gasteiger partial charge in [-0.25, -0.2) is 4.79 Å². The van der Waals surface area contributed by atoms with Crippen LogP contribution in [0.1, 0.15) is 46.0 Å². The topological polar surface area (TPSA) is 72.5 Å². The van der Waals surface area contributed by atoms with Gasteiger partial charge in [0.15, 0.2) is 6.10 Å². The molecule has 2 unspecified atom stereocenters. The summed E-state index contributed by atoms with van der Waals surface area (Å²) < 4.78 is 5.41. The molecule has 16 heavy (non-hydrogen) atoms. The van der Waals surface area contributed by atoms with Crippen molar-refractivity contribution >= 4 is 5.97 Å². The van der Waals surface area contributed by atoms with Crippen molar-refractivity contribution < 1.29 is 14.6 Å². The number of carboxylic acids is 1. The van der Waals surface area contributed by atoms with Crippen molar-refractivity contribution in [2.75, 3.05) is 13.2 Å². The van der Waals surface area contributed by atoms with Gasteiger partial charge in [0.2, 0.25) is 0 Å². The Balaban J connectivity index is 3.90. The number of unbranched alkanes of at least 4 members (excludes halogenated alkanes) is 1. The smallest absolute Gasteiger partial charge is 0.332 e. The van der Waals surface area contributed by atoms with Crippen LogP contribution in [0.3, 0.4) is 0 Å². The first-order valence-corrected chi connectivity index (χ1v) is 6.20. The summed E-state index contributed by atoms with van der Waals surface area (Å²) >= 11 is 0. The molecule has 2 atom stereocenters. The molecule has 0 aromatic heterocycles. The third-order valence-electron chi connectivity index (χ3n) is 2.78. The number of ether oxygens (including phenoxy) is 1. The minimum absolute atomic E-state index is 0.350. The van der Waals surface area contributed by atoms with Crippen molar-refractivity contribution in [2.24, 2.45) is 11.7 Å². The van der Waals surface area contributed by atoms with Crippen LogP contribution in [0.2, 0.25) is 0 Å². The van der Waals surface area contributed by atoms with Crippen molar-refractivity contribution in [1.29, 1.82) is 0 Å². The van der Waals surface area contributed by atoms with Gasteiger partial charge in [-0.2, -0.15) is 0 Å². The van der Waals surface area contributed by atoms with E-state index < -0.39 is 12.1 Å². The Labute approximate surface area is 98.2 Å². The first kappa shape index (κ1) is 15.4. The highest BCUT2D eigenvalue weighted by molar-refractivity contribution is 5.72. The SMILES string of the molecule is CCCCC(CC)COC(CCN)C(=O)O. The number of nitrogens with two attached hydrogens (primary N) is 1. The molecule has 0 saturated heterocycles. The molecule has 0 radical (unpaired) electrons. The molecule has 4 heteroatoms. The summed E-state index contributed by atoms with van der Waals surface area (Å²) in [7, 11) is 0. The molecule has 0 bridgehead atoms. The fourth-order valence-corrected chi connectivity index (χ4v) is 1.58. The molecule has 96 valence electrons. The molecule has 0 spiro atoms. The average Bonchev–Trinajstić information content (AvgIpc) is 2.27. The van der Waals surface area contributed by atoms with E-state index in [0.717, 1.165) is 12.8 Å². The lowest BCUT2D eigenvalue weighted by Crippen LogP contribution is -2.29. The van der Waals surface area contributed by atoms with E-state index in [0.29, 0.717) is 25.5 Å². The van der Waals surface area contributed by atoms with Gasteiger partial charge in [0, 0.05) is 0 Å². The molecule has 0 aromatic carbocycles. The van der Waals surface area contributed by atoms with Gasteiger partial charge in [0.25, 0.3) is 0 Å². The van der Waals surface area contributed by atoms with Crippen LogP contribution in [-0.2, 0) is 9.53 Å². The van der Waals surface area contributed by atoms with E-state index in [1.807, 2.05) is 0 Å². The highest BCUT2D eigenvalue weighted by Crippen LogP contribution is 2.14. The van der Waals surface area contributed by atoms with Gasteiger partial charge in [-0.15, -0.1) is 0 Å². The normalized spacial score (nSPS) is 14.7. The van der Waals surface area contributed by atoms with Crippen LogP contribution in [0.15, 0.2) is 0 Å². The second-order valence-corrected chi connectivity index (χ2v) is 4.15. The molecule has 0 saturated carbocycles. The summed E-state index contributed by atoms with van der Waals surface area (Å²) in [5, 5.41) is 8.89. The third kappa shape index (κ3) is 6.80. The lowest BCUT2D eigenvalue weighted by atomic mass is 10.0. The van der Waals surface area contributed by atoms with E-state index in [2.05, 4.69) is 13.8 Å². The Morgan fingerprint density at radius 1 is 1.38 bits per heavy atom. The van der Waals surface area contributed by atoms with Gasteiger partial charge < -0.3 is 15.6 Å². The third-order valence-corrected chi connectivity index (χ3v) is 2.78. The molecule has 4 nitrogen and oxygen atoms in total. The minimum Gasteiger partial charge on any atom is -0.479 e. The van der Waals surface area contributed by atoms with Crippen LogP contribution in [0.25, 0.3) is 0 Å². The number of aliphatic carboxylic acids is 1. The molecule has 0 aliphatic carbocycles. The number of hydrogen-bond donors (Lipinski definition) is 2. The van der Waals surface area contributed by atoms with Gasteiger partial charge in [0.1, 0.15) is 0 Å². The summed E-state index contributed by atoms with van der Waals surface area (Å²) in [6.45, 7) is 5.15. The van der Waals surface area contributed by atoms with E-state index in [4.69, 9.17) is 15.6 Å². The lowest BCUT2D eigenvalue weighted by molar-refractivity contribution is -0.151. The molecular formula is C12H25NO3. The first-order valence-electron chi connectivity index (χ1n) is 6.20. The van der Waals surface area contributed by atoms with Crippen LogP contribution < -0.4 is 5.73 Å². The maximum absolute atomic E-state index is 10.8. The van der Waals surface area contributed by atoms with Gasteiger partial charge in [-0.3, -0.25) is 0 Å². The lowest BCUT2D eigenvalue weighted by Gasteiger charge is -2.18. The summed E-state index contributed by atoms with van der Waals surface area (Å²) in [4.78, 5) is 10.8. The van der Waals surface area contributed by atoms with Crippen LogP contribution in [0, 0.1) is 5.92 Å². The molecule has 0 rings (SSSR count). The Morgan fingerprint density at radius 3 is 2.50 bits per heavy atom. The van der Waals surface area contributed by atoms with Crippen molar-refractivity contribution in [2.45, 2.75) is 52.1 Å². The fourth-order valence-electron chi connectivity index (χ4n) is 1.58. The average molecular weight is 231 g/mol. The van der Waals surface area contributed by atoms with Crippen LogP contribution in [0.4, 0.5) is 0 Å². The maximum Gasteiger partial charge on any atom is 0.332 e. The predicted octanol–water partition coefficient (Wildman–Crippen LogP) is 2.02. The number of rotatable bonds is 10. The van der Waals surface area contributed by atoms with Crippen LogP contribution in [0.5, 0.6) is 0 Å². The Kier molecular flexibility index (Phi) is 9.24. The maximum atomic E-state index is 10.8. The Bertz CT molecular complexity index is 185. The van der Waals surface area contributed by atoms with Crippen molar-refractivity contribution in [3.8, 4) is 0 Å². The molecule has 0 fully saturated rings. The van der Waals surface area contributed by atoms with Gasteiger partial charge in [-0.05, 0) is 25.3 Å². The van der Waals surface area contributed by atoms with Crippen molar-refractivity contribution in [3.05, 3.63) is 0 Å². The van der Waals surface area contributed by atoms with Gasteiger partial charge in [0.05, 0.1) is 6.61 Å². The van der Waals surface area contributed by atoms with Gasteiger partial charge in [-0.1, -0.05) is 33.1 Å². The first-order chi connectivity index (χ1) is 7.65. The monoisotopic (exact) mass is 231 g/mol. The highest BCUT2D eigenvalue weighted by atomic mass is 16.5. The van der Waals surface area contributed by atoms with Crippen LogP contribution in [-0.4, -0.2) is 30.3 Å². The van der Waals surface area contributed by atoms with Crippen molar-refractivity contribution in [1.82, 2.24) is 0 Å². The summed E-state index contributed by atoms with van der Waals surface area (Å²) in [5.41, 5.74) is 5.34. The zero-order valence-corrected chi connectivity index (χ0v) is 10.4. The largest absolute Gasteiger partial charge is 0.479 e. The summed E-state index contributed by atoms with van der Waals surface area (Å²) in [6, 6.07) is 0. The minimum atomic E-state index is -0.907. The fraction of sp³-hybridized carbons (Fsp3) is 0.917. The van der Waals surface area contributed by atoms with E-state index in [-0.39, 0.29) is 0 Å². The van der Waals surface area contributed by atoms with Gasteiger partial charge >= 0.3 is 5.97 Å². The predicted molar refractivity (Wildman–Crippen MR) is 64.4 cm³/mol. The second kappa shape index (κ2) is 9.60. The Hall–Kier alpha value is -0.610.